The van der Waals surface area contributed by atoms with E-state index in [1.807, 2.05) is 20.8 Å². The summed E-state index contributed by atoms with van der Waals surface area (Å²) in [5, 5.41) is 1.30. The van der Waals surface area contributed by atoms with E-state index in [9.17, 15) is 9.59 Å². The van der Waals surface area contributed by atoms with Crippen molar-refractivity contribution in [1.29, 1.82) is 0 Å². The average Bonchev–Trinajstić information content (AvgIpc) is 2.85. The summed E-state index contributed by atoms with van der Waals surface area (Å²) >= 11 is 2.85. The van der Waals surface area contributed by atoms with E-state index in [2.05, 4.69) is 4.98 Å². The summed E-state index contributed by atoms with van der Waals surface area (Å²) in [6.45, 7) is 7.71. The second-order valence-corrected chi connectivity index (χ2v) is 8.09. The number of ether oxygens (including phenoxy) is 1. The Morgan fingerprint density at radius 2 is 2.08 bits per heavy atom. The van der Waals surface area contributed by atoms with E-state index in [4.69, 9.17) is 4.74 Å². The van der Waals surface area contributed by atoms with Gasteiger partial charge in [-0.1, -0.05) is 11.8 Å². The third-order valence-corrected chi connectivity index (χ3v) is 6.01. The lowest BCUT2D eigenvalue weighted by atomic mass is 10.2. The van der Waals surface area contributed by atoms with Crippen molar-refractivity contribution in [2.24, 2.45) is 0 Å². The molecular formula is C17H25N3O3S2. The van der Waals surface area contributed by atoms with Crippen molar-refractivity contribution in [2.45, 2.75) is 38.9 Å². The molecule has 0 N–H and O–H groups in total. The Hall–Kier alpha value is -1.38. The number of thioether (sulfide) groups is 1. The maximum atomic E-state index is 13.0. The predicted molar refractivity (Wildman–Crippen MR) is 104 cm³/mol. The van der Waals surface area contributed by atoms with E-state index < -0.39 is 0 Å². The number of nitrogens with zero attached hydrogens (tertiary/aromatic N) is 3. The van der Waals surface area contributed by atoms with Gasteiger partial charge in [0, 0.05) is 38.7 Å². The van der Waals surface area contributed by atoms with Gasteiger partial charge in [0.2, 0.25) is 5.91 Å². The van der Waals surface area contributed by atoms with Crippen molar-refractivity contribution < 1.29 is 9.53 Å². The molecule has 0 aliphatic carbocycles. The summed E-state index contributed by atoms with van der Waals surface area (Å²) in [6, 6.07) is 0. The highest BCUT2D eigenvalue weighted by molar-refractivity contribution is 7.99. The van der Waals surface area contributed by atoms with Gasteiger partial charge in [-0.3, -0.25) is 14.2 Å². The van der Waals surface area contributed by atoms with Crippen LogP contribution in [0.5, 0.6) is 0 Å². The molecule has 0 atom stereocenters. The molecule has 0 aliphatic heterocycles. The minimum absolute atomic E-state index is 0.00115. The van der Waals surface area contributed by atoms with Crippen LogP contribution in [-0.4, -0.2) is 53.4 Å². The number of amides is 1. The molecular weight excluding hydrogens is 358 g/mol. The molecule has 8 heteroatoms. The molecule has 2 aromatic rings. The van der Waals surface area contributed by atoms with Crippen molar-refractivity contribution in [3.05, 3.63) is 20.8 Å². The molecule has 0 aromatic carbocycles. The Morgan fingerprint density at radius 3 is 2.72 bits per heavy atom. The van der Waals surface area contributed by atoms with Gasteiger partial charge in [0.1, 0.15) is 4.83 Å². The Balaban J connectivity index is 2.38. The SMILES string of the molecule is CCOCCCn1c(SCC(=O)N(C)C)nc2sc(C)c(C)c2c1=O. The summed E-state index contributed by atoms with van der Waals surface area (Å²) in [7, 11) is 3.45. The van der Waals surface area contributed by atoms with Crippen molar-refractivity contribution in [2.75, 3.05) is 33.1 Å². The highest BCUT2D eigenvalue weighted by Crippen LogP contribution is 2.28. The molecule has 2 heterocycles. The molecule has 2 rings (SSSR count). The van der Waals surface area contributed by atoms with Gasteiger partial charge >= 0.3 is 0 Å². The molecule has 0 radical (unpaired) electrons. The monoisotopic (exact) mass is 383 g/mol. The molecule has 2 aromatic heterocycles. The summed E-state index contributed by atoms with van der Waals surface area (Å²) in [5.74, 6) is 0.262. The maximum Gasteiger partial charge on any atom is 0.263 e. The minimum Gasteiger partial charge on any atom is -0.382 e. The molecule has 0 spiro atoms. The number of thiophene rings is 1. The predicted octanol–water partition coefficient (Wildman–Crippen LogP) is 2.68. The maximum absolute atomic E-state index is 13.0. The van der Waals surface area contributed by atoms with Crippen LogP contribution in [0.3, 0.4) is 0 Å². The molecule has 25 heavy (non-hydrogen) atoms. The third kappa shape index (κ3) is 4.62. The van der Waals surface area contributed by atoms with Crippen molar-refractivity contribution in [3.8, 4) is 0 Å². The number of hydrogen-bond acceptors (Lipinski definition) is 6. The zero-order valence-corrected chi connectivity index (χ0v) is 17.1. The number of fused-ring (bicyclic) bond motifs is 1. The number of hydrogen-bond donors (Lipinski definition) is 0. The van der Waals surface area contributed by atoms with E-state index >= 15 is 0 Å². The first-order valence-corrected chi connectivity index (χ1v) is 10.1. The van der Waals surface area contributed by atoms with Gasteiger partial charge < -0.3 is 9.64 Å². The minimum atomic E-state index is -0.0249. The molecule has 0 unspecified atom stereocenters. The first-order chi connectivity index (χ1) is 11.9. The van der Waals surface area contributed by atoms with Crippen LogP contribution in [0.25, 0.3) is 10.2 Å². The van der Waals surface area contributed by atoms with Crippen molar-refractivity contribution >= 4 is 39.2 Å². The van der Waals surface area contributed by atoms with E-state index in [1.54, 1.807) is 23.6 Å². The summed E-state index contributed by atoms with van der Waals surface area (Å²) < 4.78 is 7.07. The molecule has 138 valence electrons. The molecule has 0 saturated carbocycles. The standard InChI is InChI=1S/C17H25N3O3S2/c1-6-23-9-7-8-20-16(22)14-11(2)12(3)25-15(14)18-17(20)24-10-13(21)19(4)5/h6-10H2,1-5H3. The zero-order valence-electron chi connectivity index (χ0n) is 15.4. The molecule has 0 saturated heterocycles. The number of aryl methyl sites for hydroxylation is 2. The van der Waals surface area contributed by atoms with E-state index in [0.717, 1.165) is 21.7 Å². The Kier molecular flexibility index (Phi) is 7.04. The Morgan fingerprint density at radius 1 is 1.36 bits per heavy atom. The van der Waals surface area contributed by atoms with Crippen molar-refractivity contribution in [1.82, 2.24) is 14.5 Å². The lowest BCUT2D eigenvalue weighted by Gasteiger charge is -2.13. The lowest BCUT2D eigenvalue weighted by Crippen LogP contribution is -2.26. The summed E-state index contributed by atoms with van der Waals surface area (Å²) in [5.41, 5.74) is 0.972. The smallest absolute Gasteiger partial charge is 0.263 e. The van der Waals surface area contributed by atoms with Crippen LogP contribution in [0, 0.1) is 13.8 Å². The molecule has 0 aliphatic rings. The first-order valence-electron chi connectivity index (χ1n) is 8.28. The van der Waals surface area contributed by atoms with Crippen LogP contribution in [0.4, 0.5) is 0 Å². The van der Waals surface area contributed by atoms with E-state index in [0.29, 0.717) is 30.3 Å². The van der Waals surface area contributed by atoms with E-state index in [-0.39, 0.29) is 17.2 Å². The van der Waals surface area contributed by atoms with E-state index in [1.165, 1.54) is 23.1 Å². The number of carbonyl (C=O) groups excluding carboxylic acids is 1. The average molecular weight is 384 g/mol. The van der Waals surface area contributed by atoms with Gasteiger partial charge in [-0.2, -0.15) is 0 Å². The highest BCUT2D eigenvalue weighted by Gasteiger charge is 2.17. The van der Waals surface area contributed by atoms with Crippen LogP contribution in [-0.2, 0) is 16.1 Å². The quantitative estimate of drug-likeness (QED) is 0.398. The van der Waals surface area contributed by atoms with Gasteiger partial charge in [-0.25, -0.2) is 4.98 Å². The number of carbonyl (C=O) groups is 1. The second kappa shape index (κ2) is 8.82. The number of rotatable bonds is 8. The van der Waals surface area contributed by atoms with Crippen LogP contribution in [0.15, 0.2) is 9.95 Å². The Labute approximate surface area is 156 Å². The topological polar surface area (TPSA) is 64.4 Å². The van der Waals surface area contributed by atoms with Crippen LogP contribution in [0.2, 0.25) is 0 Å². The lowest BCUT2D eigenvalue weighted by molar-refractivity contribution is -0.125. The van der Waals surface area contributed by atoms with Crippen LogP contribution < -0.4 is 5.56 Å². The summed E-state index contributed by atoms with van der Waals surface area (Å²) in [4.78, 5) is 33.0. The highest BCUT2D eigenvalue weighted by atomic mass is 32.2. The second-order valence-electron chi connectivity index (χ2n) is 5.94. The Bertz CT molecular complexity index is 812. The molecule has 1 amide bonds. The van der Waals surface area contributed by atoms with Gasteiger partial charge in [-0.15, -0.1) is 11.3 Å². The van der Waals surface area contributed by atoms with Crippen LogP contribution in [0.1, 0.15) is 23.8 Å². The third-order valence-electron chi connectivity index (χ3n) is 3.95. The van der Waals surface area contributed by atoms with Gasteiger partial charge in [0.25, 0.3) is 5.56 Å². The molecule has 0 fully saturated rings. The van der Waals surface area contributed by atoms with Gasteiger partial charge in [-0.05, 0) is 32.8 Å². The van der Waals surface area contributed by atoms with Crippen LogP contribution >= 0.6 is 23.1 Å². The van der Waals surface area contributed by atoms with Crippen molar-refractivity contribution in [3.63, 3.8) is 0 Å². The summed E-state index contributed by atoms with van der Waals surface area (Å²) in [6.07, 6.45) is 0.734. The van der Waals surface area contributed by atoms with Gasteiger partial charge in [0.05, 0.1) is 11.1 Å². The fraction of sp³-hybridized carbons (Fsp3) is 0.588. The van der Waals surface area contributed by atoms with Gasteiger partial charge in [0.15, 0.2) is 5.16 Å². The normalized spacial score (nSPS) is 11.2. The first kappa shape index (κ1) is 19.9. The fourth-order valence-corrected chi connectivity index (χ4v) is 4.41. The largest absolute Gasteiger partial charge is 0.382 e. The molecule has 6 nitrogen and oxygen atoms in total. The zero-order chi connectivity index (χ0) is 18.6. The fourth-order valence-electron chi connectivity index (χ4n) is 2.34. The number of aromatic nitrogens is 2. The molecule has 0 bridgehead atoms.